The lowest BCUT2D eigenvalue weighted by molar-refractivity contribution is -0.118. The van der Waals surface area contributed by atoms with Crippen LogP contribution in [-0.4, -0.2) is 20.4 Å². The van der Waals surface area contributed by atoms with Gasteiger partial charge in [-0.15, -0.1) is 0 Å². The first-order valence-corrected chi connectivity index (χ1v) is 9.71. The van der Waals surface area contributed by atoms with Crippen LogP contribution in [0.3, 0.4) is 0 Å². The quantitative estimate of drug-likeness (QED) is 0.795. The van der Waals surface area contributed by atoms with Crippen molar-refractivity contribution >= 4 is 21.6 Å². The van der Waals surface area contributed by atoms with Crippen LogP contribution in [0.2, 0.25) is 0 Å². The van der Waals surface area contributed by atoms with E-state index in [1.165, 1.54) is 0 Å². The summed E-state index contributed by atoms with van der Waals surface area (Å²) in [4.78, 5) is 12.7. The van der Waals surface area contributed by atoms with E-state index in [4.69, 9.17) is 0 Å². The summed E-state index contributed by atoms with van der Waals surface area (Å²) in [5, 5.41) is 2.76. The molecule has 2 N–H and O–H groups in total. The van der Waals surface area contributed by atoms with E-state index in [0.717, 1.165) is 5.56 Å². The van der Waals surface area contributed by atoms with Gasteiger partial charge in [-0.2, -0.15) is 4.72 Å². The molecule has 0 fully saturated rings. The van der Waals surface area contributed by atoms with Crippen LogP contribution in [0.4, 0.5) is 5.69 Å². The first kappa shape index (κ1) is 19.1. The van der Waals surface area contributed by atoms with Gasteiger partial charge in [-0.3, -0.25) is 4.79 Å². The minimum atomic E-state index is -3.77. The maximum absolute atomic E-state index is 12.6. The summed E-state index contributed by atoms with van der Waals surface area (Å²) in [6, 6.07) is 14.7. The molecule has 1 atom stereocenters. The lowest BCUT2D eigenvalue weighted by Crippen LogP contribution is -2.44. The molecule has 0 spiro atoms. The van der Waals surface area contributed by atoms with Gasteiger partial charge in [0.05, 0.1) is 4.90 Å². The number of sulfonamides is 1. The summed E-state index contributed by atoms with van der Waals surface area (Å²) in [7, 11) is -3.77. The van der Waals surface area contributed by atoms with Crippen molar-refractivity contribution in [1.29, 1.82) is 0 Å². The van der Waals surface area contributed by atoms with Crippen LogP contribution >= 0.6 is 0 Å². The third kappa shape index (κ3) is 5.69. The lowest BCUT2D eigenvalue weighted by atomic mass is 10.0. The van der Waals surface area contributed by atoms with Gasteiger partial charge in [-0.05, 0) is 43.5 Å². The predicted molar refractivity (Wildman–Crippen MR) is 99.8 cm³/mol. The van der Waals surface area contributed by atoms with Gasteiger partial charge in [-0.1, -0.05) is 49.7 Å². The van der Waals surface area contributed by atoms with Crippen LogP contribution < -0.4 is 10.0 Å². The van der Waals surface area contributed by atoms with Gasteiger partial charge in [0, 0.05) is 5.69 Å². The van der Waals surface area contributed by atoms with Crippen molar-refractivity contribution in [3.8, 4) is 0 Å². The van der Waals surface area contributed by atoms with Crippen LogP contribution in [0.25, 0.3) is 0 Å². The Labute approximate surface area is 149 Å². The van der Waals surface area contributed by atoms with Crippen molar-refractivity contribution in [3.63, 3.8) is 0 Å². The largest absolute Gasteiger partial charge is 0.325 e. The molecular formula is C19H24N2O3S. The normalized spacial score (nSPS) is 12.8. The molecule has 0 heterocycles. The maximum atomic E-state index is 12.6. The second kappa shape index (κ2) is 8.27. The second-order valence-electron chi connectivity index (χ2n) is 6.47. The SMILES string of the molecule is Cc1ccc(S(=O)(=O)NC(CC(C)C)C(=O)Nc2ccccc2)cc1. The molecule has 0 aliphatic heterocycles. The van der Waals surface area contributed by atoms with Gasteiger partial charge >= 0.3 is 0 Å². The van der Waals surface area contributed by atoms with Gasteiger partial charge < -0.3 is 5.32 Å². The fourth-order valence-electron chi connectivity index (χ4n) is 2.40. The molecule has 6 heteroatoms. The highest BCUT2D eigenvalue weighted by atomic mass is 32.2. The average Bonchev–Trinajstić information content (AvgIpc) is 2.55. The number of amides is 1. The van der Waals surface area contributed by atoms with Gasteiger partial charge in [0.25, 0.3) is 0 Å². The first-order valence-electron chi connectivity index (χ1n) is 8.23. The number of carbonyl (C=O) groups is 1. The standard InChI is InChI=1S/C19H24N2O3S/c1-14(2)13-18(19(22)20-16-7-5-4-6-8-16)21-25(23,24)17-11-9-15(3)10-12-17/h4-12,14,18,21H,13H2,1-3H3,(H,20,22). The zero-order chi connectivity index (χ0) is 18.4. The van der Waals surface area contributed by atoms with E-state index in [0.29, 0.717) is 12.1 Å². The van der Waals surface area contributed by atoms with Crippen LogP contribution in [0.15, 0.2) is 59.5 Å². The number of anilines is 1. The highest BCUT2D eigenvalue weighted by molar-refractivity contribution is 7.89. The third-order valence-electron chi connectivity index (χ3n) is 3.69. The smallest absolute Gasteiger partial charge is 0.242 e. The van der Waals surface area contributed by atoms with E-state index >= 15 is 0 Å². The molecule has 2 aromatic carbocycles. The average molecular weight is 360 g/mol. The topological polar surface area (TPSA) is 75.3 Å². The highest BCUT2D eigenvalue weighted by Gasteiger charge is 2.26. The van der Waals surface area contributed by atoms with Crippen LogP contribution in [0.5, 0.6) is 0 Å². The number of nitrogens with one attached hydrogen (secondary N) is 2. The zero-order valence-corrected chi connectivity index (χ0v) is 15.5. The first-order chi connectivity index (χ1) is 11.8. The van der Waals surface area contributed by atoms with E-state index in [1.807, 2.05) is 39.0 Å². The van der Waals surface area contributed by atoms with Gasteiger partial charge in [-0.25, -0.2) is 8.42 Å². The van der Waals surface area contributed by atoms with E-state index in [1.54, 1.807) is 36.4 Å². The maximum Gasteiger partial charge on any atom is 0.242 e. The molecule has 25 heavy (non-hydrogen) atoms. The van der Waals surface area contributed by atoms with Crippen LogP contribution in [0.1, 0.15) is 25.8 Å². The summed E-state index contributed by atoms with van der Waals surface area (Å²) in [5.41, 5.74) is 1.61. The van der Waals surface area contributed by atoms with Crippen LogP contribution in [-0.2, 0) is 14.8 Å². The molecule has 0 aromatic heterocycles. The molecule has 0 aliphatic rings. The highest BCUT2D eigenvalue weighted by Crippen LogP contribution is 2.15. The Morgan fingerprint density at radius 2 is 1.60 bits per heavy atom. The van der Waals surface area contributed by atoms with Gasteiger partial charge in [0.15, 0.2) is 0 Å². The predicted octanol–water partition coefficient (Wildman–Crippen LogP) is 3.33. The van der Waals surface area contributed by atoms with Gasteiger partial charge in [0.2, 0.25) is 15.9 Å². The molecule has 0 saturated heterocycles. The monoisotopic (exact) mass is 360 g/mol. The molecule has 2 aromatic rings. The molecule has 5 nitrogen and oxygen atoms in total. The summed E-state index contributed by atoms with van der Waals surface area (Å²) in [6.07, 6.45) is 0.407. The molecule has 0 aliphatic carbocycles. The number of hydrogen-bond donors (Lipinski definition) is 2. The molecule has 0 saturated carbocycles. The molecule has 0 radical (unpaired) electrons. The van der Waals surface area contributed by atoms with E-state index in [9.17, 15) is 13.2 Å². The fourth-order valence-corrected chi connectivity index (χ4v) is 3.61. The number of benzene rings is 2. The Bertz CT molecular complexity index is 800. The number of hydrogen-bond acceptors (Lipinski definition) is 3. The number of carbonyl (C=O) groups excluding carboxylic acids is 1. The summed E-state index contributed by atoms with van der Waals surface area (Å²) in [5.74, 6) is -0.206. The summed E-state index contributed by atoms with van der Waals surface area (Å²) >= 11 is 0. The fraction of sp³-hybridized carbons (Fsp3) is 0.316. The zero-order valence-electron chi connectivity index (χ0n) is 14.7. The van der Waals surface area contributed by atoms with Crippen molar-refractivity contribution in [3.05, 3.63) is 60.2 Å². The molecular weight excluding hydrogens is 336 g/mol. The minimum Gasteiger partial charge on any atom is -0.325 e. The Morgan fingerprint density at radius 1 is 1.00 bits per heavy atom. The van der Waals surface area contributed by atoms with E-state index < -0.39 is 16.1 Å². The van der Waals surface area contributed by atoms with Crippen molar-refractivity contribution in [2.45, 2.75) is 38.1 Å². The van der Waals surface area contributed by atoms with Crippen molar-refractivity contribution in [2.75, 3.05) is 5.32 Å². The Kier molecular flexibility index (Phi) is 6.33. The Balaban J connectivity index is 2.19. The Morgan fingerprint density at radius 3 is 2.16 bits per heavy atom. The van der Waals surface area contributed by atoms with Crippen molar-refractivity contribution in [1.82, 2.24) is 4.72 Å². The molecule has 1 amide bonds. The van der Waals surface area contributed by atoms with Crippen molar-refractivity contribution in [2.24, 2.45) is 5.92 Å². The lowest BCUT2D eigenvalue weighted by Gasteiger charge is -2.20. The molecule has 1 unspecified atom stereocenters. The van der Waals surface area contributed by atoms with Crippen LogP contribution in [0, 0.1) is 12.8 Å². The van der Waals surface area contributed by atoms with E-state index in [-0.39, 0.29) is 16.7 Å². The number of para-hydroxylation sites is 1. The third-order valence-corrected chi connectivity index (χ3v) is 5.18. The van der Waals surface area contributed by atoms with Crippen molar-refractivity contribution < 1.29 is 13.2 Å². The van der Waals surface area contributed by atoms with E-state index in [2.05, 4.69) is 10.0 Å². The summed E-state index contributed by atoms with van der Waals surface area (Å²) in [6.45, 7) is 5.78. The number of rotatable bonds is 7. The molecule has 0 bridgehead atoms. The molecule has 134 valence electrons. The second-order valence-corrected chi connectivity index (χ2v) is 8.19. The molecule has 2 rings (SSSR count). The Hall–Kier alpha value is -2.18. The minimum absolute atomic E-state index is 0.152. The number of aryl methyl sites for hydroxylation is 1. The summed E-state index contributed by atoms with van der Waals surface area (Å²) < 4.78 is 27.7. The van der Waals surface area contributed by atoms with Gasteiger partial charge in [0.1, 0.15) is 6.04 Å².